The van der Waals surface area contributed by atoms with Crippen LogP contribution in [0.3, 0.4) is 0 Å². The number of ether oxygens (including phenoxy) is 1. The molecular weight excluding hydrogens is 330 g/mol. The largest absolute Gasteiger partial charge is 0.494 e. The van der Waals surface area contributed by atoms with Gasteiger partial charge in [0.05, 0.1) is 19.5 Å². The van der Waals surface area contributed by atoms with E-state index in [1.807, 2.05) is 37.6 Å². The highest BCUT2D eigenvalue weighted by Crippen LogP contribution is 2.34. The van der Waals surface area contributed by atoms with Crippen LogP contribution < -0.4 is 10.5 Å². The van der Waals surface area contributed by atoms with Crippen molar-refractivity contribution in [1.82, 2.24) is 19.4 Å². The van der Waals surface area contributed by atoms with Crippen LogP contribution in [0, 0.1) is 0 Å². The predicted octanol–water partition coefficient (Wildman–Crippen LogP) is 2.51. The van der Waals surface area contributed by atoms with Crippen LogP contribution in [-0.2, 0) is 7.05 Å². The fourth-order valence-electron chi connectivity index (χ4n) is 2.99. The van der Waals surface area contributed by atoms with Gasteiger partial charge < -0.3 is 10.5 Å². The zero-order valence-electron chi connectivity index (χ0n) is 14.4. The number of carbonyl (C=O) groups is 1. The van der Waals surface area contributed by atoms with Gasteiger partial charge >= 0.3 is 0 Å². The van der Waals surface area contributed by atoms with Gasteiger partial charge in [0.15, 0.2) is 0 Å². The molecule has 130 valence electrons. The zero-order valence-corrected chi connectivity index (χ0v) is 14.4. The number of hydrogen-bond donors (Lipinski definition) is 1. The minimum atomic E-state index is -0.449. The lowest BCUT2D eigenvalue weighted by Gasteiger charge is -2.08. The van der Waals surface area contributed by atoms with E-state index in [2.05, 4.69) is 10.2 Å². The third kappa shape index (κ3) is 2.59. The second-order valence-electron chi connectivity index (χ2n) is 5.99. The Bertz CT molecular complexity index is 1110. The monoisotopic (exact) mass is 347 g/mol. The number of aryl methyl sites for hydroxylation is 1. The van der Waals surface area contributed by atoms with Crippen molar-refractivity contribution in [1.29, 1.82) is 0 Å². The summed E-state index contributed by atoms with van der Waals surface area (Å²) in [6.07, 6.45) is 7.46. The van der Waals surface area contributed by atoms with Crippen LogP contribution >= 0.6 is 0 Å². The van der Waals surface area contributed by atoms with Gasteiger partial charge in [-0.05, 0) is 23.8 Å². The Morgan fingerprint density at radius 1 is 1.04 bits per heavy atom. The van der Waals surface area contributed by atoms with E-state index >= 15 is 0 Å². The van der Waals surface area contributed by atoms with Crippen LogP contribution in [0.4, 0.5) is 0 Å². The van der Waals surface area contributed by atoms with E-state index in [0.29, 0.717) is 11.3 Å². The van der Waals surface area contributed by atoms with Crippen molar-refractivity contribution >= 4 is 11.4 Å². The Morgan fingerprint density at radius 3 is 2.42 bits per heavy atom. The van der Waals surface area contributed by atoms with Crippen molar-refractivity contribution in [2.45, 2.75) is 0 Å². The van der Waals surface area contributed by atoms with Gasteiger partial charge in [-0.3, -0.25) is 9.48 Å². The molecule has 0 spiro atoms. The van der Waals surface area contributed by atoms with E-state index in [-0.39, 0.29) is 0 Å². The first-order chi connectivity index (χ1) is 12.6. The number of aromatic nitrogens is 4. The van der Waals surface area contributed by atoms with Crippen LogP contribution in [0.1, 0.15) is 10.4 Å². The van der Waals surface area contributed by atoms with Crippen molar-refractivity contribution in [2.24, 2.45) is 12.8 Å². The number of benzene rings is 1. The summed E-state index contributed by atoms with van der Waals surface area (Å²) in [4.78, 5) is 11.3. The molecule has 3 aromatic heterocycles. The molecule has 7 nitrogen and oxygen atoms in total. The first-order valence-corrected chi connectivity index (χ1v) is 8.01. The molecule has 0 bridgehead atoms. The molecule has 0 saturated carbocycles. The third-order valence-corrected chi connectivity index (χ3v) is 4.32. The van der Waals surface area contributed by atoms with E-state index in [0.717, 1.165) is 27.8 Å². The molecule has 0 atom stereocenters. The lowest BCUT2D eigenvalue weighted by Crippen LogP contribution is -2.10. The molecule has 7 heteroatoms. The summed E-state index contributed by atoms with van der Waals surface area (Å²) in [5.74, 6) is 0.257. The van der Waals surface area contributed by atoms with Gasteiger partial charge in [-0.2, -0.15) is 10.2 Å². The average Bonchev–Trinajstić information content (AvgIpc) is 3.27. The smallest absolute Gasteiger partial charge is 0.248 e. The van der Waals surface area contributed by atoms with Gasteiger partial charge in [0.25, 0.3) is 0 Å². The minimum Gasteiger partial charge on any atom is -0.494 e. The topological polar surface area (TPSA) is 87.4 Å². The number of primary amides is 1. The summed E-state index contributed by atoms with van der Waals surface area (Å²) in [5.41, 5.74) is 10.4. The Balaban J connectivity index is 1.86. The number of nitrogens with zero attached hydrogens (tertiary/aromatic N) is 4. The molecule has 26 heavy (non-hydrogen) atoms. The normalized spacial score (nSPS) is 11.0. The van der Waals surface area contributed by atoms with Crippen molar-refractivity contribution in [3.63, 3.8) is 0 Å². The minimum absolute atomic E-state index is 0.449. The third-order valence-electron chi connectivity index (χ3n) is 4.32. The summed E-state index contributed by atoms with van der Waals surface area (Å²) in [5, 5.41) is 8.68. The van der Waals surface area contributed by atoms with Crippen molar-refractivity contribution < 1.29 is 9.53 Å². The maximum absolute atomic E-state index is 11.3. The lowest BCUT2D eigenvalue weighted by atomic mass is 10.0. The number of fused-ring (bicyclic) bond motifs is 1. The molecule has 1 aromatic carbocycles. The van der Waals surface area contributed by atoms with Gasteiger partial charge in [-0.1, -0.05) is 12.1 Å². The number of nitrogens with two attached hydrogens (primary N) is 1. The molecular formula is C19H17N5O2. The van der Waals surface area contributed by atoms with Gasteiger partial charge in [-0.15, -0.1) is 0 Å². The van der Waals surface area contributed by atoms with Crippen LogP contribution in [0.2, 0.25) is 0 Å². The molecule has 1 amide bonds. The summed E-state index contributed by atoms with van der Waals surface area (Å²) in [6.45, 7) is 0. The maximum atomic E-state index is 11.3. The Kier molecular flexibility index (Phi) is 3.69. The Morgan fingerprint density at radius 2 is 1.81 bits per heavy atom. The van der Waals surface area contributed by atoms with E-state index in [9.17, 15) is 4.79 Å². The molecule has 0 radical (unpaired) electrons. The van der Waals surface area contributed by atoms with E-state index in [1.54, 1.807) is 40.8 Å². The summed E-state index contributed by atoms with van der Waals surface area (Å²) in [6, 6.07) is 9.09. The fraction of sp³-hybridized carbons (Fsp3) is 0.105. The van der Waals surface area contributed by atoms with E-state index in [4.69, 9.17) is 10.5 Å². The molecule has 0 unspecified atom stereocenters. The Labute approximate surface area is 149 Å². The van der Waals surface area contributed by atoms with E-state index < -0.39 is 5.91 Å². The zero-order chi connectivity index (χ0) is 18.3. The highest BCUT2D eigenvalue weighted by molar-refractivity contribution is 5.94. The number of pyridine rings is 1. The average molecular weight is 347 g/mol. The predicted molar refractivity (Wildman–Crippen MR) is 97.9 cm³/mol. The number of hydrogen-bond acceptors (Lipinski definition) is 4. The molecule has 0 aliphatic heterocycles. The molecule has 0 saturated heterocycles. The highest BCUT2D eigenvalue weighted by Gasteiger charge is 2.15. The molecule has 4 rings (SSSR count). The van der Waals surface area contributed by atoms with Gasteiger partial charge in [0, 0.05) is 41.7 Å². The first-order valence-electron chi connectivity index (χ1n) is 8.01. The molecule has 0 aliphatic carbocycles. The lowest BCUT2D eigenvalue weighted by molar-refractivity contribution is 0.100. The number of carbonyl (C=O) groups excluding carboxylic acids is 1. The quantitative estimate of drug-likeness (QED) is 0.614. The van der Waals surface area contributed by atoms with Crippen molar-refractivity contribution in [3.05, 3.63) is 60.7 Å². The second-order valence-corrected chi connectivity index (χ2v) is 5.99. The standard InChI is InChI=1S/C19H17N5O2/c1-23-10-15(8-21-23)14-7-17(26-2)18-16(9-22-24(18)11-14)12-3-5-13(6-4-12)19(20)25/h3-11H,1-2H3,(H2,20,25). The van der Waals surface area contributed by atoms with Crippen LogP contribution in [0.15, 0.2) is 55.1 Å². The number of methoxy groups -OCH3 is 1. The number of rotatable bonds is 4. The molecule has 0 fully saturated rings. The Hall–Kier alpha value is -3.61. The number of amides is 1. The van der Waals surface area contributed by atoms with Crippen molar-refractivity contribution in [3.8, 4) is 28.0 Å². The molecule has 3 heterocycles. The van der Waals surface area contributed by atoms with E-state index in [1.165, 1.54) is 0 Å². The van der Waals surface area contributed by atoms with Crippen LogP contribution in [0.5, 0.6) is 5.75 Å². The summed E-state index contributed by atoms with van der Waals surface area (Å²) >= 11 is 0. The highest BCUT2D eigenvalue weighted by atomic mass is 16.5. The second kappa shape index (κ2) is 6.03. The molecule has 2 N–H and O–H groups in total. The summed E-state index contributed by atoms with van der Waals surface area (Å²) < 4.78 is 9.16. The SMILES string of the molecule is COc1cc(-c2cnn(C)c2)cn2ncc(-c3ccc(C(N)=O)cc3)c12. The van der Waals surface area contributed by atoms with Gasteiger partial charge in [0.1, 0.15) is 11.3 Å². The van der Waals surface area contributed by atoms with Crippen molar-refractivity contribution in [2.75, 3.05) is 7.11 Å². The van der Waals surface area contributed by atoms with Crippen LogP contribution in [0.25, 0.3) is 27.8 Å². The fourth-order valence-corrected chi connectivity index (χ4v) is 2.99. The van der Waals surface area contributed by atoms with Crippen LogP contribution in [-0.4, -0.2) is 32.4 Å². The van der Waals surface area contributed by atoms with Gasteiger partial charge in [0.2, 0.25) is 5.91 Å². The maximum Gasteiger partial charge on any atom is 0.248 e. The molecule has 0 aliphatic rings. The summed E-state index contributed by atoms with van der Waals surface area (Å²) in [7, 11) is 3.51. The molecule has 4 aromatic rings. The first kappa shape index (κ1) is 15.9. The van der Waals surface area contributed by atoms with Gasteiger partial charge in [-0.25, -0.2) is 4.52 Å².